The molecule has 2 N–H and O–H groups in total. The first-order chi connectivity index (χ1) is 11.6. The van der Waals surface area contributed by atoms with Crippen LogP contribution in [0.25, 0.3) is 0 Å². The summed E-state index contributed by atoms with van der Waals surface area (Å²) in [6.07, 6.45) is 0.974. The summed E-state index contributed by atoms with van der Waals surface area (Å²) < 4.78 is 0. The van der Waals surface area contributed by atoms with Crippen molar-refractivity contribution < 1.29 is 9.69 Å². The Kier molecular flexibility index (Phi) is 6.15. The Morgan fingerprint density at radius 2 is 1.72 bits per heavy atom. The number of carbonyl (C=O) groups excluding carboxylic acids is 1. The van der Waals surface area contributed by atoms with Crippen molar-refractivity contribution in [3.8, 4) is 0 Å². The van der Waals surface area contributed by atoms with E-state index in [9.17, 15) is 4.79 Å². The minimum Gasteiger partial charge on any atom is -0.360 e. The average Bonchev–Trinajstić information content (AvgIpc) is 2.45. The van der Waals surface area contributed by atoms with Crippen LogP contribution in [0.2, 0.25) is 0 Å². The van der Waals surface area contributed by atoms with Gasteiger partial charge in [-0.1, -0.05) is 39.0 Å². The fourth-order valence-corrected chi connectivity index (χ4v) is 4.18. The van der Waals surface area contributed by atoms with Crippen LogP contribution in [-0.2, 0) is 4.79 Å². The number of benzene rings is 1. The molecule has 4 nitrogen and oxygen atoms in total. The molecule has 0 radical (unpaired) electrons. The number of carbonyl (C=O) groups is 1. The Labute approximate surface area is 153 Å². The molecule has 0 bridgehead atoms. The first kappa shape index (κ1) is 19.8. The predicted octanol–water partition coefficient (Wildman–Crippen LogP) is 2.03. The molecular weight excluding hydrogens is 310 g/mol. The van der Waals surface area contributed by atoms with Crippen molar-refractivity contribution >= 4 is 11.6 Å². The van der Waals surface area contributed by atoms with Crippen LogP contribution in [0, 0.1) is 12.3 Å². The van der Waals surface area contributed by atoms with Gasteiger partial charge in [0.15, 0.2) is 6.54 Å². The molecule has 0 saturated carbocycles. The van der Waals surface area contributed by atoms with E-state index in [1.54, 1.807) is 0 Å². The van der Waals surface area contributed by atoms with E-state index in [0.29, 0.717) is 6.54 Å². The molecule has 25 heavy (non-hydrogen) atoms. The van der Waals surface area contributed by atoms with Gasteiger partial charge in [0.1, 0.15) is 0 Å². The molecule has 4 heteroatoms. The van der Waals surface area contributed by atoms with Gasteiger partial charge in [-0.15, -0.1) is 0 Å². The number of nitrogens with zero attached hydrogens (tertiary/aromatic N) is 1. The maximum Gasteiger partial charge on any atom is 0.275 e. The summed E-state index contributed by atoms with van der Waals surface area (Å²) in [5.74, 6) is 0.175. The molecule has 1 aromatic rings. The molecule has 0 spiro atoms. The zero-order valence-electron chi connectivity index (χ0n) is 16.9. The standard InChI is InChI=1S/C21H35N3O/c1-17-9-7-8-10-18(17)24-13-11-23(12-14-24)15-19(25)22-21(5,6)16-20(2,3)4/h7-10H,11-16H2,1-6H3,(H,22,25)/p+1. The second-order valence-corrected chi connectivity index (χ2v) is 9.37. The highest BCUT2D eigenvalue weighted by molar-refractivity contribution is 5.77. The van der Waals surface area contributed by atoms with Gasteiger partial charge in [-0.05, 0) is 44.2 Å². The summed E-state index contributed by atoms with van der Waals surface area (Å²) in [6, 6.07) is 8.55. The highest BCUT2D eigenvalue weighted by Crippen LogP contribution is 2.26. The monoisotopic (exact) mass is 346 g/mol. The third-order valence-corrected chi connectivity index (χ3v) is 4.79. The van der Waals surface area contributed by atoms with E-state index in [-0.39, 0.29) is 16.9 Å². The fourth-order valence-electron chi connectivity index (χ4n) is 4.18. The van der Waals surface area contributed by atoms with Gasteiger partial charge in [0.25, 0.3) is 5.91 Å². The highest BCUT2D eigenvalue weighted by atomic mass is 16.2. The second kappa shape index (κ2) is 7.77. The number of nitrogens with one attached hydrogen (secondary N) is 2. The summed E-state index contributed by atoms with van der Waals surface area (Å²) >= 11 is 0. The Morgan fingerprint density at radius 1 is 1.12 bits per heavy atom. The van der Waals surface area contributed by atoms with Crippen molar-refractivity contribution in [2.45, 2.75) is 53.5 Å². The van der Waals surface area contributed by atoms with Gasteiger partial charge in [0.05, 0.1) is 26.2 Å². The third-order valence-electron chi connectivity index (χ3n) is 4.79. The van der Waals surface area contributed by atoms with Crippen LogP contribution in [0.4, 0.5) is 5.69 Å². The van der Waals surface area contributed by atoms with Crippen molar-refractivity contribution in [2.24, 2.45) is 5.41 Å². The normalized spacial score (nSPS) is 16.8. The van der Waals surface area contributed by atoms with E-state index in [1.807, 2.05) is 0 Å². The van der Waals surface area contributed by atoms with Gasteiger partial charge >= 0.3 is 0 Å². The van der Waals surface area contributed by atoms with Crippen LogP contribution in [0.3, 0.4) is 0 Å². The molecule has 1 aromatic carbocycles. The summed E-state index contributed by atoms with van der Waals surface area (Å²) in [4.78, 5) is 16.3. The number of rotatable bonds is 5. The lowest BCUT2D eigenvalue weighted by Gasteiger charge is -2.36. The summed E-state index contributed by atoms with van der Waals surface area (Å²) in [6.45, 7) is 17.7. The van der Waals surface area contributed by atoms with Crippen LogP contribution >= 0.6 is 0 Å². The van der Waals surface area contributed by atoms with Gasteiger partial charge in [-0.3, -0.25) is 4.79 Å². The van der Waals surface area contributed by atoms with Crippen LogP contribution in [-0.4, -0.2) is 44.2 Å². The Balaban J connectivity index is 1.82. The van der Waals surface area contributed by atoms with Crippen molar-refractivity contribution in [1.29, 1.82) is 0 Å². The molecule has 0 unspecified atom stereocenters. The molecule has 1 amide bonds. The van der Waals surface area contributed by atoms with E-state index in [1.165, 1.54) is 16.2 Å². The molecule has 2 rings (SSSR count). The maximum absolute atomic E-state index is 12.5. The lowest BCUT2D eigenvalue weighted by atomic mass is 9.82. The number of aryl methyl sites for hydroxylation is 1. The molecule has 140 valence electrons. The maximum atomic E-state index is 12.5. The molecular formula is C21H36N3O+. The largest absolute Gasteiger partial charge is 0.360 e. The van der Waals surface area contributed by atoms with Gasteiger partial charge < -0.3 is 15.1 Å². The first-order valence-corrected chi connectivity index (χ1v) is 9.51. The SMILES string of the molecule is Cc1ccccc1N1CC[NH+](CC(=O)NC(C)(C)CC(C)(C)C)CC1. The summed E-state index contributed by atoms with van der Waals surface area (Å²) in [7, 11) is 0. The molecule has 1 heterocycles. The van der Waals surface area contributed by atoms with E-state index in [0.717, 1.165) is 32.6 Å². The number of amides is 1. The Hall–Kier alpha value is -1.55. The van der Waals surface area contributed by atoms with Crippen molar-refractivity contribution in [3.63, 3.8) is 0 Å². The quantitative estimate of drug-likeness (QED) is 0.856. The molecule has 1 fully saturated rings. The number of hydrogen-bond acceptors (Lipinski definition) is 2. The number of para-hydroxylation sites is 1. The Bertz CT molecular complexity index is 581. The van der Waals surface area contributed by atoms with Gasteiger partial charge in [-0.2, -0.15) is 0 Å². The molecule has 1 saturated heterocycles. The molecule has 1 aliphatic heterocycles. The lowest BCUT2D eigenvalue weighted by molar-refractivity contribution is -0.892. The van der Waals surface area contributed by atoms with Gasteiger partial charge in [0, 0.05) is 11.2 Å². The smallest absolute Gasteiger partial charge is 0.275 e. The average molecular weight is 347 g/mol. The minimum absolute atomic E-state index is 0.155. The zero-order valence-corrected chi connectivity index (χ0v) is 16.9. The lowest BCUT2D eigenvalue weighted by Crippen LogP contribution is -3.16. The van der Waals surface area contributed by atoms with E-state index >= 15 is 0 Å². The number of piperazine rings is 1. The zero-order chi connectivity index (χ0) is 18.7. The van der Waals surface area contributed by atoms with E-state index in [4.69, 9.17) is 0 Å². The molecule has 0 atom stereocenters. The van der Waals surface area contributed by atoms with E-state index in [2.05, 4.69) is 76.0 Å². The van der Waals surface area contributed by atoms with Crippen LogP contribution in [0.5, 0.6) is 0 Å². The number of quaternary nitrogens is 1. The summed E-state index contributed by atoms with van der Waals surface area (Å²) in [5.41, 5.74) is 2.71. The van der Waals surface area contributed by atoms with Gasteiger partial charge in [0.2, 0.25) is 0 Å². The summed E-state index contributed by atoms with van der Waals surface area (Å²) in [5, 5.41) is 3.24. The highest BCUT2D eigenvalue weighted by Gasteiger charge is 2.29. The minimum atomic E-state index is -0.155. The topological polar surface area (TPSA) is 36.8 Å². The predicted molar refractivity (Wildman–Crippen MR) is 105 cm³/mol. The van der Waals surface area contributed by atoms with Crippen LogP contribution < -0.4 is 15.1 Å². The van der Waals surface area contributed by atoms with Crippen molar-refractivity contribution in [3.05, 3.63) is 29.8 Å². The van der Waals surface area contributed by atoms with Gasteiger partial charge in [-0.25, -0.2) is 0 Å². The third kappa shape index (κ3) is 6.35. The van der Waals surface area contributed by atoms with Crippen LogP contribution in [0.1, 0.15) is 46.6 Å². The molecule has 1 aliphatic rings. The number of hydrogen-bond donors (Lipinski definition) is 2. The first-order valence-electron chi connectivity index (χ1n) is 9.51. The molecule has 0 aliphatic carbocycles. The molecule has 0 aromatic heterocycles. The second-order valence-electron chi connectivity index (χ2n) is 9.37. The fraction of sp³-hybridized carbons (Fsp3) is 0.667. The van der Waals surface area contributed by atoms with Crippen molar-refractivity contribution in [1.82, 2.24) is 5.32 Å². The van der Waals surface area contributed by atoms with Crippen molar-refractivity contribution in [2.75, 3.05) is 37.6 Å². The number of anilines is 1. The van der Waals surface area contributed by atoms with E-state index < -0.39 is 0 Å². The van der Waals surface area contributed by atoms with Crippen LogP contribution in [0.15, 0.2) is 24.3 Å². The Morgan fingerprint density at radius 3 is 2.28 bits per heavy atom.